The summed E-state index contributed by atoms with van der Waals surface area (Å²) < 4.78 is 1.20. The maximum Gasteiger partial charge on any atom is 0.129 e. The molecule has 4 heteroatoms. The van der Waals surface area contributed by atoms with Gasteiger partial charge in [0.15, 0.2) is 0 Å². The first-order chi connectivity index (χ1) is 4.74. The fourth-order valence-electron chi connectivity index (χ4n) is 0.557. The average molecular weight is 284 g/mol. The summed E-state index contributed by atoms with van der Waals surface area (Å²) in [6.07, 6.45) is 3.60. The number of hydrogen-bond donors (Lipinski definition) is 1. The highest BCUT2D eigenvalue weighted by molar-refractivity contribution is 14.1. The number of aliphatic hydroxyl groups is 1. The molecule has 0 fully saturated rings. The molecule has 1 rings (SSSR count). The van der Waals surface area contributed by atoms with Gasteiger partial charge in [-0.05, 0) is 34.7 Å². The number of aliphatic hydroxyl groups excluding tert-OH is 1. The first kappa shape index (κ1) is 8.65. The summed E-state index contributed by atoms with van der Waals surface area (Å²) in [5.74, 6) is -0.395. The Morgan fingerprint density at radius 1 is 1.70 bits per heavy atom. The van der Waals surface area contributed by atoms with Crippen LogP contribution in [-0.4, -0.2) is 11.4 Å². The summed E-state index contributed by atoms with van der Waals surface area (Å²) in [5.41, 5.74) is 0. The Hall–Kier alpha value is 0.560. The summed E-state index contributed by atoms with van der Waals surface area (Å²) in [7, 11) is 0.769. The molecular weight excluding hydrogens is 278 g/mol. The molecule has 0 aliphatic carbocycles. The quantitative estimate of drug-likeness (QED) is 0.654. The third-order valence-corrected chi connectivity index (χ3v) is 3.77. The van der Waals surface area contributed by atoms with Crippen molar-refractivity contribution in [2.45, 2.75) is 5.85 Å². The minimum atomic E-state index is -0.395. The topological polar surface area (TPSA) is 20.2 Å². The lowest BCUT2D eigenvalue weighted by atomic mass is 10.5. The van der Waals surface area contributed by atoms with Gasteiger partial charge in [-0.3, -0.25) is 0 Å². The van der Waals surface area contributed by atoms with Crippen LogP contribution in [0, 0.1) is 2.88 Å². The third-order valence-electron chi connectivity index (χ3n) is 1.02. The average Bonchev–Trinajstić information content (AvgIpc) is 2.34. The number of hydrogen-bond acceptors (Lipinski definition) is 2. The normalized spacial score (nSPS) is 13.8. The van der Waals surface area contributed by atoms with Gasteiger partial charge in [-0.2, -0.15) is 0 Å². The first-order valence-corrected chi connectivity index (χ1v) is 5.67. The zero-order valence-electron chi connectivity index (χ0n) is 5.12. The zero-order chi connectivity index (χ0) is 7.56. The maximum atomic E-state index is 9.27. The highest BCUT2D eigenvalue weighted by Gasteiger charge is 2.04. The van der Waals surface area contributed by atoms with Crippen LogP contribution in [0.2, 0.25) is 0 Å². The van der Waals surface area contributed by atoms with E-state index in [2.05, 4.69) is 28.9 Å². The summed E-state index contributed by atoms with van der Waals surface area (Å²) in [6, 6.07) is 3.93. The van der Waals surface area contributed by atoms with E-state index in [-0.39, 0.29) is 0 Å². The molecule has 0 aliphatic heterocycles. The zero-order valence-corrected chi connectivity index (χ0v) is 8.99. The SMILES string of the molecule is C=PC(O)c1ccc(I)s1. The maximum absolute atomic E-state index is 9.27. The second kappa shape index (κ2) is 3.81. The van der Waals surface area contributed by atoms with Gasteiger partial charge in [0.25, 0.3) is 0 Å². The van der Waals surface area contributed by atoms with E-state index in [0.717, 1.165) is 13.1 Å². The Bertz CT molecular complexity index is 235. The van der Waals surface area contributed by atoms with E-state index in [9.17, 15) is 5.11 Å². The van der Waals surface area contributed by atoms with Gasteiger partial charge in [0.05, 0.1) is 2.88 Å². The van der Waals surface area contributed by atoms with E-state index < -0.39 is 5.85 Å². The molecule has 1 aromatic heterocycles. The first-order valence-electron chi connectivity index (χ1n) is 2.63. The predicted octanol–water partition coefficient (Wildman–Crippen LogP) is 2.72. The van der Waals surface area contributed by atoms with Crippen molar-refractivity contribution in [1.29, 1.82) is 0 Å². The van der Waals surface area contributed by atoms with Gasteiger partial charge in [0.2, 0.25) is 0 Å². The van der Waals surface area contributed by atoms with Gasteiger partial charge in [0, 0.05) is 4.88 Å². The van der Waals surface area contributed by atoms with Gasteiger partial charge >= 0.3 is 0 Å². The Morgan fingerprint density at radius 2 is 2.40 bits per heavy atom. The molecule has 1 nitrogen and oxygen atoms in total. The van der Waals surface area contributed by atoms with Crippen LogP contribution in [0.1, 0.15) is 10.7 Å². The smallest absolute Gasteiger partial charge is 0.129 e. The lowest BCUT2D eigenvalue weighted by Gasteiger charge is -1.97. The highest BCUT2D eigenvalue weighted by Crippen LogP contribution is 2.30. The predicted molar refractivity (Wildman–Crippen MR) is 56.0 cm³/mol. The van der Waals surface area contributed by atoms with E-state index >= 15 is 0 Å². The summed E-state index contributed by atoms with van der Waals surface area (Å²) in [4.78, 5) is 1.00. The van der Waals surface area contributed by atoms with Crippen molar-refractivity contribution in [1.82, 2.24) is 0 Å². The van der Waals surface area contributed by atoms with Crippen molar-refractivity contribution in [2.24, 2.45) is 0 Å². The molecule has 0 radical (unpaired) electrons. The second-order valence-electron chi connectivity index (χ2n) is 1.70. The molecular formula is C6H6IOPS. The molecule has 0 saturated carbocycles. The van der Waals surface area contributed by atoms with Crippen molar-refractivity contribution >= 4 is 48.4 Å². The van der Waals surface area contributed by atoms with Crippen LogP contribution in [0.4, 0.5) is 0 Å². The van der Waals surface area contributed by atoms with Gasteiger partial charge in [-0.15, -0.1) is 11.3 Å². The monoisotopic (exact) mass is 284 g/mol. The minimum absolute atomic E-state index is 0.395. The fourth-order valence-corrected chi connectivity index (χ4v) is 2.75. The Labute approximate surface area is 79.0 Å². The molecule has 0 saturated heterocycles. The van der Waals surface area contributed by atoms with Gasteiger partial charge in [-0.25, -0.2) is 0 Å². The van der Waals surface area contributed by atoms with Crippen LogP contribution in [0.25, 0.3) is 0 Å². The van der Waals surface area contributed by atoms with E-state index in [0.29, 0.717) is 0 Å². The molecule has 0 bridgehead atoms. The van der Waals surface area contributed by atoms with Gasteiger partial charge < -0.3 is 5.11 Å². The molecule has 1 aromatic rings. The molecule has 1 unspecified atom stereocenters. The Morgan fingerprint density at radius 3 is 2.80 bits per heavy atom. The largest absolute Gasteiger partial charge is 0.379 e. The van der Waals surface area contributed by atoms with Crippen molar-refractivity contribution in [3.63, 3.8) is 0 Å². The lowest BCUT2D eigenvalue weighted by Crippen LogP contribution is -1.79. The fraction of sp³-hybridized carbons (Fsp3) is 0.167. The summed E-state index contributed by atoms with van der Waals surface area (Å²) in [6.45, 7) is 0. The van der Waals surface area contributed by atoms with Crippen molar-refractivity contribution in [3.8, 4) is 0 Å². The van der Waals surface area contributed by atoms with Crippen molar-refractivity contribution in [3.05, 3.63) is 19.9 Å². The van der Waals surface area contributed by atoms with E-state index in [4.69, 9.17) is 0 Å². The molecule has 1 atom stereocenters. The minimum Gasteiger partial charge on any atom is -0.379 e. The molecule has 1 heterocycles. The summed E-state index contributed by atoms with van der Waals surface area (Å²) >= 11 is 3.84. The molecule has 0 spiro atoms. The third kappa shape index (κ3) is 2.02. The van der Waals surface area contributed by atoms with Gasteiger partial charge in [0.1, 0.15) is 5.85 Å². The van der Waals surface area contributed by atoms with E-state index in [1.807, 2.05) is 12.1 Å². The van der Waals surface area contributed by atoms with Crippen LogP contribution >= 0.6 is 42.1 Å². The van der Waals surface area contributed by atoms with Crippen LogP contribution in [0.15, 0.2) is 12.1 Å². The number of halogens is 1. The van der Waals surface area contributed by atoms with Crippen LogP contribution < -0.4 is 0 Å². The van der Waals surface area contributed by atoms with E-state index in [1.165, 1.54) is 2.88 Å². The van der Waals surface area contributed by atoms with Crippen molar-refractivity contribution in [2.75, 3.05) is 0 Å². The summed E-state index contributed by atoms with van der Waals surface area (Å²) in [5, 5.41) is 9.27. The number of thiophene rings is 1. The molecule has 0 aliphatic rings. The van der Waals surface area contributed by atoms with E-state index in [1.54, 1.807) is 11.3 Å². The molecule has 0 aromatic carbocycles. The van der Waals surface area contributed by atoms with Gasteiger partial charge in [-0.1, -0.05) is 14.5 Å². The Kier molecular flexibility index (Phi) is 3.30. The second-order valence-corrected chi connectivity index (χ2v) is 5.56. The molecule has 1 N–H and O–H groups in total. The molecule has 10 heavy (non-hydrogen) atoms. The van der Waals surface area contributed by atoms with Crippen molar-refractivity contribution < 1.29 is 5.11 Å². The number of rotatable bonds is 2. The lowest BCUT2D eigenvalue weighted by molar-refractivity contribution is 0.272. The standard InChI is InChI=1S/C6H6IOPS/c1-9-6(8)4-2-3-5(7)10-4/h2-3,6,8H,1H2. The Balaban J connectivity index is 2.84. The van der Waals surface area contributed by atoms with Crippen LogP contribution in [0.3, 0.4) is 0 Å². The molecule has 54 valence electrons. The van der Waals surface area contributed by atoms with Crippen LogP contribution in [0.5, 0.6) is 0 Å². The molecule has 0 amide bonds. The van der Waals surface area contributed by atoms with Crippen LogP contribution in [-0.2, 0) is 0 Å². The highest BCUT2D eigenvalue weighted by atomic mass is 127.